The van der Waals surface area contributed by atoms with Crippen LogP contribution in [-0.2, 0) is 29.4 Å². The van der Waals surface area contributed by atoms with E-state index in [0.29, 0.717) is 12.1 Å². The van der Waals surface area contributed by atoms with Crippen LogP contribution in [0.5, 0.6) is 0 Å². The first-order valence-electron chi connectivity index (χ1n) is 10.6. The van der Waals surface area contributed by atoms with Crippen LogP contribution in [0.3, 0.4) is 0 Å². The standard InChI is InChI=1S/C7H8Si.3C7H9.2ClH.Zr/c8-6-7-4-2-1-3-5-7;3*1-6-3-4-7(2)5-6;;;/h1-5,8H,6H2;2*5H,3H2,1-2H3;3,5,7H,1-2H3;2*1H;/q;3*-1;;;+2/p-2. The van der Waals surface area contributed by atoms with Crippen molar-refractivity contribution in [1.82, 2.24) is 0 Å². The van der Waals surface area contributed by atoms with Gasteiger partial charge in [-0.05, 0) is 0 Å². The molecule has 1 unspecified atom stereocenters. The molecular formula is C28H35Cl2SiZr-3. The summed E-state index contributed by atoms with van der Waals surface area (Å²) in [5, 5.41) is 0. The third-order valence-corrected chi connectivity index (χ3v) is 6.67. The van der Waals surface area contributed by atoms with Gasteiger partial charge in [0.15, 0.2) is 0 Å². The Morgan fingerprint density at radius 3 is 1.59 bits per heavy atom. The molecule has 0 nitrogen and oxygen atoms in total. The van der Waals surface area contributed by atoms with E-state index in [1.54, 1.807) is 23.3 Å². The maximum atomic E-state index is 3.19. The first-order chi connectivity index (χ1) is 14.3. The van der Waals surface area contributed by atoms with Crippen LogP contribution in [0.4, 0.5) is 0 Å². The van der Waals surface area contributed by atoms with Gasteiger partial charge in [-0.25, -0.2) is 34.9 Å². The van der Waals surface area contributed by atoms with E-state index in [9.17, 15) is 0 Å². The Balaban J connectivity index is 0. The van der Waals surface area contributed by atoms with Crippen molar-refractivity contribution in [3.05, 3.63) is 106 Å². The number of hydrogen-bond donors (Lipinski definition) is 0. The zero-order valence-electron chi connectivity index (χ0n) is 20.2. The molecule has 1 aromatic carbocycles. The van der Waals surface area contributed by atoms with Gasteiger partial charge in [0, 0.05) is 0 Å². The van der Waals surface area contributed by atoms with Crippen molar-refractivity contribution in [2.24, 2.45) is 5.92 Å². The Labute approximate surface area is 225 Å². The topological polar surface area (TPSA) is 0 Å². The van der Waals surface area contributed by atoms with Gasteiger partial charge in [-0.15, -0.1) is 19.8 Å². The molecular weight excluding hydrogens is 527 g/mol. The van der Waals surface area contributed by atoms with Gasteiger partial charge in [-0.2, -0.15) is 17.2 Å². The molecule has 0 spiro atoms. The van der Waals surface area contributed by atoms with Crippen LogP contribution in [0.2, 0.25) is 0 Å². The van der Waals surface area contributed by atoms with E-state index in [4.69, 9.17) is 0 Å². The Bertz CT molecular complexity index is 825. The molecule has 4 heteroatoms. The van der Waals surface area contributed by atoms with Gasteiger partial charge < -0.3 is 24.8 Å². The summed E-state index contributed by atoms with van der Waals surface area (Å²) in [5.74, 6) is 0.556. The second-order valence-electron chi connectivity index (χ2n) is 7.96. The third-order valence-electron chi connectivity index (χ3n) is 4.49. The van der Waals surface area contributed by atoms with Gasteiger partial charge in [-0.1, -0.05) is 40.5 Å². The average Bonchev–Trinajstić information content (AvgIpc) is 3.40. The van der Waals surface area contributed by atoms with Gasteiger partial charge in [-0.3, -0.25) is 18.2 Å². The summed E-state index contributed by atoms with van der Waals surface area (Å²) in [6.45, 7) is 12.6. The Hall–Kier alpha value is -0.660. The fourth-order valence-electron chi connectivity index (χ4n) is 2.99. The van der Waals surface area contributed by atoms with Crippen LogP contribution in [0, 0.1) is 24.1 Å². The number of rotatable bonds is 2. The summed E-state index contributed by atoms with van der Waals surface area (Å²) in [5.41, 5.74) is 8.28. The van der Waals surface area contributed by atoms with Gasteiger partial charge in [0.05, 0.1) is 0 Å². The van der Waals surface area contributed by atoms with E-state index in [0.717, 1.165) is 12.8 Å². The van der Waals surface area contributed by atoms with Gasteiger partial charge in [0.1, 0.15) is 0 Å². The second kappa shape index (κ2) is 19.8. The fraction of sp³-hybridized carbons (Fsp3) is 0.357. The molecule has 3 aliphatic carbocycles. The van der Waals surface area contributed by atoms with Crippen LogP contribution in [0.1, 0.15) is 59.9 Å². The van der Waals surface area contributed by atoms with Crippen molar-refractivity contribution in [1.29, 1.82) is 0 Å². The zero-order chi connectivity index (χ0) is 22.4. The van der Waals surface area contributed by atoms with Crippen LogP contribution < -0.4 is 24.8 Å². The Morgan fingerprint density at radius 2 is 1.38 bits per heavy atom. The quantitative estimate of drug-likeness (QED) is 0.376. The summed E-state index contributed by atoms with van der Waals surface area (Å²) in [6, 6.07) is 12.0. The molecule has 0 saturated heterocycles. The monoisotopic (exact) mass is 559 g/mol. The molecule has 0 amide bonds. The second-order valence-corrected chi connectivity index (χ2v) is 11.8. The van der Waals surface area contributed by atoms with E-state index >= 15 is 0 Å². The van der Waals surface area contributed by atoms with E-state index in [1.165, 1.54) is 39.5 Å². The summed E-state index contributed by atoms with van der Waals surface area (Å²) in [4.78, 5) is 0. The first kappa shape index (κ1) is 33.5. The third kappa shape index (κ3) is 16.9. The molecule has 32 heavy (non-hydrogen) atoms. The van der Waals surface area contributed by atoms with Crippen molar-refractivity contribution in [2.75, 3.05) is 0 Å². The fourth-order valence-corrected chi connectivity index (χ4v) is 5.23. The molecule has 0 bridgehead atoms. The summed E-state index contributed by atoms with van der Waals surface area (Å²) >= 11 is 1.72. The molecule has 0 aliphatic heterocycles. The van der Waals surface area contributed by atoms with Crippen molar-refractivity contribution < 1.29 is 48.1 Å². The molecule has 0 N–H and O–H groups in total. The number of hydrogen-bond acceptors (Lipinski definition) is 0. The Morgan fingerprint density at radius 1 is 0.875 bits per heavy atom. The SMILES string of the molecule is CC1=CC(C)[C-]=C1.CC1=[C-]CC(C)=C1.CC1=[C-]CC(C)=C1.[Cl-].[Cl-].[Zr+2]=[SiH]Cc1ccccc1. The molecule has 1 atom stereocenters. The summed E-state index contributed by atoms with van der Waals surface area (Å²) in [7, 11) is 0. The first-order valence-corrected chi connectivity index (χ1v) is 16.2. The Kier molecular flexibility index (Phi) is 20.7. The van der Waals surface area contributed by atoms with E-state index in [1.807, 2.05) is 6.08 Å². The average molecular weight is 562 g/mol. The molecule has 0 heterocycles. The van der Waals surface area contributed by atoms with Crippen LogP contribution in [-0.4, -0.2) is 6.16 Å². The van der Waals surface area contributed by atoms with Gasteiger partial charge in [0.2, 0.25) is 0 Å². The van der Waals surface area contributed by atoms with Crippen LogP contribution in [0.15, 0.2) is 82.5 Å². The molecule has 172 valence electrons. The number of allylic oxidation sites excluding steroid dienone is 12. The molecule has 0 aromatic heterocycles. The van der Waals surface area contributed by atoms with E-state index < -0.39 is 0 Å². The molecule has 3 aliphatic rings. The minimum absolute atomic E-state index is 0. The molecule has 0 fully saturated rings. The van der Waals surface area contributed by atoms with Gasteiger partial charge in [0.25, 0.3) is 0 Å². The van der Waals surface area contributed by atoms with Crippen molar-refractivity contribution in [3.63, 3.8) is 0 Å². The normalized spacial score (nSPS) is 17.1. The predicted molar refractivity (Wildman–Crippen MR) is 130 cm³/mol. The number of halogens is 2. The number of benzene rings is 1. The van der Waals surface area contributed by atoms with Crippen molar-refractivity contribution >= 4 is 6.16 Å². The molecule has 0 saturated carbocycles. The molecule has 4 rings (SSSR count). The van der Waals surface area contributed by atoms with Crippen molar-refractivity contribution in [3.8, 4) is 0 Å². The maximum absolute atomic E-state index is 3.19. The summed E-state index contributed by atoms with van der Waals surface area (Å²) < 4.78 is 0. The van der Waals surface area contributed by atoms with E-state index in [2.05, 4.69) is 108 Å². The molecule has 0 radical (unpaired) electrons. The van der Waals surface area contributed by atoms with Crippen molar-refractivity contribution in [2.45, 2.75) is 60.4 Å². The van der Waals surface area contributed by atoms with Crippen LogP contribution >= 0.6 is 0 Å². The van der Waals surface area contributed by atoms with E-state index in [-0.39, 0.29) is 24.8 Å². The predicted octanol–water partition coefficient (Wildman–Crippen LogP) is 1.21. The van der Waals surface area contributed by atoms with Gasteiger partial charge >= 0.3 is 71.4 Å². The van der Waals surface area contributed by atoms with Crippen LogP contribution in [0.25, 0.3) is 0 Å². The molecule has 1 aromatic rings. The minimum atomic E-state index is 0. The summed E-state index contributed by atoms with van der Waals surface area (Å²) in [6.07, 6.45) is 20.9. The zero-order valence-corrected chi connectivity index (χ0v) is 25.4.